The molecule has 1 N–H and O–H groups in total. The summed E-state index contributed by atoms with van der Waals surface area (Å²) in [6.07, 6.45) is 1.22. The second-order valence-corrected chi connectivity index (χ2v) is 3.90. The zero-order valence-electron chi connectivity index (χ0n) is 9.85. The number of anilines is 1. The van der Waals surface area contributed by atoms with E-state index in [-0.39, 0.29) is 22.3 Å². The van der Waals surface area contributed by atoms with E-state index in [1.54, 1.807) is 0 Å². The first-order valence-electron chi connectivity index (χ1n) is 5.23. The van der Waals surface area contributed by atoms with Crippen molar-refractivity contribution in [2.24, 2.45) is 0 Å². The van der Waals surface area contributed by atoms with E-state index < -0.39 is 11.7 Å². The van der Waals surface area contributed by atoms with Crippen LogP contribution in [-0.4, -0.2) is 23.0 Å². The van der Waals surface area contributed by atoms with Gasteiger partial charge in [-0.15, -0.1) is 0 Å². The summed E-state index contributed by atoms with van der Waals surface area (Å²) in [6, 6.07) is 5.41. The number of nitrogens with zero attached hydrogens (tertiary/aromatic N) is 2. The van der Waals surface area contributed by atoms with E-state index in [9.17, 15) is 9.18 Å². The van der Waals surface area contributed by atoms with Gasteiger partial charge in [-0.1, -0.05) is 17.7 Å². The van der Waals surface area contributed by atoms with Gasteiger partial charge in [0.1, 0.15) is 18.0 Å². The Morgan fingerprint density at radius 1 is 1.42 bits per heavy atom. The lowest BCUT2D eigenvalue weighted by Gasteiger charge is -2.07. The number of carbonyl (C=O) groups excluding carboxylic acids is 1. The maximum absolute atomic E-state index is 13.5. The van der Waals surface area contributed by atoms with Crippen LogP contribution < -0.4 is 10.1 Å². The fourth-order valence-electron chi connectivity index (χ4n) is 1.41. The smallest absolute Gasteiger partial charge is 0.261 e. The van der Waals surface area contributed by atoms with Crippen LogP contribution >= 0.6 is 11.6 Å². The predicted octanol–water partition coefficient (Wildman–Crippen LogP) is 2.53. The molecule has 0 fully saturated rings. The molecule has 1 aromatic heterocycles. The summed E-state index contributed by atoms with van der Waals surface area (Å²) in [6.45, 7) is 0. The minimum atomic E-state index is -0.703. The number of halogens is 2. The fourth-order valence-corrected chi connectivity index (χ4v) is 1.66. The van der Waals surface area contributed by atoms with Crippen molar-refractivity contribution in [3.05, 3.63) is 47.0 Å². The summed E-state index contributed by atoms with van der Waals surface area (Å²) in [5.74, 6) is -0.920. The molecule has 0 saturated heterocycles. The van der Waals surface area contributed by atoms with Gasteiger partial charge in [-0.3, -0.25) is 4.79 Å². The Morgan fingerprint density at radius 3 is 2.89 bits per heavy atom. The van der Waals surface area contributed by atoms with Crippen molar-refractivity contribution >= 4 is 23.3 Å². The molecule has 0 aliphatic carbocycles. The molecule has 1 aromatic carbocycles. The van der Waals surface area contributed by atoms with Gasteiger partial charge in [-0.2, -0.15) is 0 Å². The molecule has 0 spiro atoms. The Kier molecular flexibility index (Phi) is 3.91. The fraction of sp³-hybridized carbons (Fsp3) is 0.0833. The number of ether oxygens (including phenoxy) is 1. The third-order valence-corrected chi connectivity index (χ3v) is 2.60. The van der Waals surface area contributed by atoms with E-state index >= 15 is 0 Å². The van der Waals surface area contributed by atoms with Crippen LogP contribution in [-0.2, 0) is 0 Å². The van der Waals surface area contributed by atoms with Crippen LogP contribution in [0.1, 0.15) is 10.4 Å². The molecule has 0 bridgehead atoms. The van der Waals surface area contributed by atoms with Crippen molar-refractivity contribution < 1.29 is 13.9 Å². The minimum Gasteiger partial charge on any atom is -0.481 e. The van der Waals surface area contributed by atoms with Crippen LogP contribution in [0.3, 0.4) is 0 Å². The second kappa shape index (κ2) is 5.62. The number of aromatic nitrogens is 2. The van der Waals surface area contributed by atoms with Gasteiger partial charge in [-0.25, -0.2) is 14.4 Å². The maximum atomic E-state index is 13.5. The number of rotatable bonds is 3. The number of amides is 1. The van der Waals surface area contributed by atoms with Gasteiger partial charge in [0, 0.05) is 6.07 Å². The van der Waals surface area contributed by atoms with Crippen molar-refractivity contribution in [1.82, 2.24) is 9.97 Å². The van der Waals surface area contributed by atoms with Crippen LogP contribution in [0.15, 0.2) is 30.6 Å². The number of hydrogen-bond donors (Lipinski definition) is 1. The summed E-state index contributed by atoms with van der Waals surface area (Å²) < 4.78 is 18.4. The van der Waals surface area contributed by atoms with Gasteiger partial charge in [0.25, 0.3) is 5.91 Å². The van der Waals surface area contributed by atoms with Crippen LogP contribution in [0.5, 0.6) is 5.88 Å². The molecule has 2 aromatic rings. The molecule has 0 aliphatic heterocycles. The molecule has 0 aliphatic rings. The van der Waals surface area contributed by atoms with Crippen molar-refractivity contribution in [2.75, 3.05) is 12.4 Å². The summed E-state index contributed by atoms with van der Waals surface area (Å²) in [7, 11) is 1.43. The second-order valence-electron chi connectivity index (χ2n) is 3.50. The molecule has 5 nitrogen and oxygen atoms in total. The van der Waals surface area contributed by atoms with Gasteiger partial charge < -0.3 is 10.1 Å². The van der Waals surface area contributed by atoms with Crippen molar-refractivity contribution in [2.45, 2.75) is 0 Å². The molecular formula is C12H9ClFN3O2. The lowest BCUT2D eigenvalue weighted by molar-refractivity contribution is 0.102. The van der Waals surface area contributed by atoms with Crippen molar-refractivity contribution in [3.8, 4) is 5.88 Å². The van der Waals surface area contributed by atoms with Gasteiger partial charge in [-0.05, 0) is 12.1 Å². The zero-order valence-corrected chi connectivity index (χ0v) is 10.6. The lowest BCUT2D eigenvalue weighted by atomic mass is 10.2. The highest BCUT2D eigenvalue weighted by atomic mass is 35.5. The Bertz CT molecular complexity index is 601. The van der Waals surface area contributed by atoms with Crippen molar-refractivity contribution in [1.29, 1.82) is 0 Å². The molecule has 1 heterocycles. The molecule has 19 heavy (non-hydrogen) atoms. The number of carbonyl (C=O) groups is 1. The van der Waals surface area contributed by atoms with Crippen LogP contribution in [0.25, 0.3) is 0 Å². The summed E-state index contributed by atoms with van der Waals surface area (Å²) in [5.41, 5.74) is -0.234. The van der Waals surface area contributed by atoms with Crippen LogP contribution in [0, 0.1) is 5.82 Å². The Morgan fingerprint density at radius 2 is 2.21 bits per heavy atom. The first kappa shape index (κ1) is 13.2. The molecule has 98 valence electrons. The van der Waals surface area contributed by atoms with E-state index in [1.807, 2.05) is 0 Å². The maximum Gasteiger partial charge on any atom is 0.261 e. The lowest BCUT2D eigenvalue weighted by Crippen LogP contribution is -2.15. The standard InChI is InChI=1S/C12H9ClFN3O2/c1-19-10-5-9(15-6-16-10)17-12(18)11-7(13)3-2-4-8(11)14/h2-6H,1H3,(H,15,16,17,18). The Hall–Kier alpha value is -2.21. The summed E-state index contributed by atoms with van der Waals surface area (Å²) >= 11 is 5.79. The molecular weight excluding hydrogens is 273 g/mol. The van der Waals surface area contributed by atoms with Gasteiger partial charge >= 0.3 is 0 Å². The quantitative estimate of drug-likeness (QED) is 0.939. The third-order valence-electron chi connectivity index (χ3n) is 2.28. The molecule has 0 radical (unpaired) electrons. The van der Waals surface area contributed by atoms with E-state index in [2.05, 4.69) is 15.3 Å². The van der Waals surface area contributed by atoms with Crippen LogP contribution in [0.2, 0.25) is 5.02 Å². The van der Waals surface area contributed by atoms with Gasteiger partial charge in [0.15, 0.2) is 0 Å². The molecule has 1 amide bonds. The highest BCUT2D eigenvalue weighted by molar-refractivity contribution is 6.34. The molecule has 0 saturated carbocycles. The molecule has 2 rings (SSSR count). The van der Waals surface area contributed by atoms with Gasteiger partial charge in [0.05, 0.1) is 17.7 Å². The zero-order chi connectivity index (χ0) is 13.8. The van der Waals surface area contributed by atoms with E-state index in [4.69, 9.17) is 16.3 Å². The highest BCUT2D eigenvalue weighted by Gasteiger charge is 2.16. The largest absolute Gasteiger partial charge is 0.481 e. The monoisotopic (exact) mass is 281 g/mol. The number of methoxy groups -OCH3 is 1. The highest BCUT2D eigenvalue weighted by Crippen LogP contribution is 2.20. The average molecular weight is 282 g/mol. The van der Waals surface area contributed by atoms with E-state index in [1.165, 1.54) is 31.6 Å². The van der Waals surface area contributed by atoms with Crippen LogP contribution in [0.4, 0.5) is 10.2 Å². The molecule has 7 heteroatoms. The van der Waals surface area contributed by atoms with Gasteiger partial charge in [0.2, 0.25) is 5.88 Å². The number of nitrogens with one attached hydrogen (secondary N) is 1. The number of benzene rings is 1. The Labute approximate surface area is 113 Å². The number of hydrogen-bond acceptors (Lipinski definition) is 4. The molecule has 0 unspecified atom stereocenters. The molecule has 0 atom stereocenters. The summed E-state index contributed by atoms with van der Waals surface area (Å²) in [4.78, 5) is 19.5. The first-order valence-corrected chi connectivity index (χ1v) is 5.61. The summed E-state index contributed by atoms with van der Waals surface area (Å²) in [5, 5.41) is 2.45. The Balaban J connectivity index is 2.26. The first-order chi connectivity index (χ1) is 9.11. The normalized spacial score (nSPS) is 10.1. The average Bonchev–Trinajstić information content (AvgIpc) is 2.38. The SMILES string of the molecule is COc1cc(NC(=O)c2c(F)cccc2Cl)ncn1. The topological polar surface area (TPSA) is 64.1 Å². The van der Waals surface area contributed by atoms with E-state index in [0.717, 1.165) is 6.07 Å². The third kappa shape index (κ3) is 2.97. The minimum absolute atomic E-state index is 0.0264. The van der Waals surface area contributed by atoms with E-state index in [0.29, 0.717) is 0 Å². The predicted molar refractivity (Wildman–Crippen MR) is 67.9 cm³/mol. The van der Waals surface area contributed by atoms with Crippen molar-refractivity contribution in [3.63, 3.8) is 0 Å².